The molecule has 2 aromatic heterocycles. The van der Waals surface area contributed by atoms with E-state index in [1.54, 1.807) is 18.5 Å². The Bertz CT molecular complexity index is 1440. The highest BCUT2D eigenvalue weighted by atomic mass is 32.1. The summed E-state index contributed by atoms with van der Waals surface area (Å²) in [5.74, 6) is 1.68. The zero-order chi connectivity index (χ0) is 29.5. The van der Waals surface area contributed by atoms with Gasteiger partial charge in [-0.2, -0.15) is 5.10 Å². The highest BCUT2D eigenvalue weighted by Crippen LogP contribution is 2.43. The number of piperidine rings is 2. The molecule has 2 fully saturated rings. The molecule has 1 amide bonds. The molecule has 230 valence electrons. The van der Waals surface area contributed by atoms with Crippen LogP contribution in [-0.2, 0) is 24.2 Å². The monoisotopic (exact) mass is 609 g/mol. The predicted molar refractivity (Wildman–Crippen MR) is 165 cm³/mol. The second-order valence-corrected chi connectivity index (χ2v) is 13.3. The molecule has 0 radical (unpaired) electrons. The molecule has 3 aromatic rings. The van der Waals surface area contributed by atoms with Crippen molar-refractivity contribution >= 4 is 28.7 Å². The number of nitrogens with one attached hydrogen (secondary N) is 1. The number of nitrogens with zero attached hydrogens (tertiary/aromatic N) is 6. The number of thiazole rings is 1. The number of hydrogen-bond acceptors (Lipinski definition) is 7. The highest BCUT2D eigenvalue weighted by molar-refractivity contribution is 7.07. The fraction of sp³-hybridized carbons (Fsp3) is 0.594. The van der Waals surface area contributed by atoms with Crippen LogP contribution in [-0.4, -0.2) is 76.3 Å². The van der Waals surface area contributed by atoms with Crippen molar-refractivity contribution < 1.29 is 13.6 Å². The summed E-state index contributed by atoms with van der Waals surface area (Å²) in [6.45, 7) is 9.12. The van der Waals surface area contributed by atoms with E-state index in [-0.39, 0.29) is 11.5 Å². The molecule has 0 bridgehead atoms. The van der Waals surface area contributed by atoms with Gasteiger partial charge in [0.1, 0.15) is 0 Å². The lowest BCUT2D eigenvalue weighted by Gasteiger charge is -2.36. The van der Waals surface area contributed by atoms with Gasteiger partial charge in [0.15, 0.2) is 5.82 Å². The van der Waals surface area contributed by atoms with Gasteiger partial charge in [-0.05, 0) is 75.2 Å². The first-order valence-corrected chi connectivity index (χ1v) is 16.8. The Hall–Kier alpha value is -2.89. The molecule has 7 rings (SSSR count). The van der Waals surface area contributed by atoms with Crippen molar-refractivity contribution in [1.29, 1.82) is 0 Å². The molecule has 8 nitrogen and oxygen atoms in total. The van der Waals surface area contributed by atoms with Crippen molar-refractivity contribution in [1.82, 2.24) is 29.9 Å². The average molecular weight is 610 g/mol. The maximum atomic E-state index is 14.4. The summed E-state index contributed by atoms with van der Waals surface area (Å²) in [6, 6.07) is 3.90. The van der Waals surface area contributed by atoms with Crippen LogP contribution in [0.2, 0.25) is 0 Å². The number of amides is 1. The minimum atomic E-state index is -2.61. The minimum absolute atomic E-state index is 0.0105. The molecule has 0 spiro atoms. The molecular weight excluding hydrogens is 568 g/mol. The van der Waals surface area contributed by atoms with Crippen molar-refractivity contribution in [2.45, 2.75) is 70.9 Å². The lowest BCUT2D eigenvalue weighted by molar-refractivity contribution is -0.129. The van der Waals surface area contributed by atoms with Crippen LogP contribution in [0.25, 0.3) is 11.3 Å². The van der Waals surface area contributed by atoms with Gasteiger partial charge in [0.2, 0.25) is 5.91 Å². The van der Waals surface area contributed by atoms with Crippen LogP contribution in [0.4, 0.5) is 20.3 Å². The van der Waals surface area contributed by atoms with E-state index in [4.69, 9.17) is 5.10 Å². The van der Waals surface area contributed by atoms with E-state index in [1.165, 1.54) is 36.4 Å². The lowest BCUT2D eigenvalue weighted by atomic mass is 9.94. The quantitative estimate of drug-likeness (QED) is 0.394. The Balaban J connectivity index is 1.21. The Labute approximate surface area is 256 Å². The van der Waals surface area contributed by atoms with Gasteiger partial charge in [0.05, 0.1) is 23.8 Å². The summed E-state index contributed by atoms with van der Waals surface area (Å²) in [4.78, 5) is 23.5. The molecule has 4 aliphatic rings. The SMILES string of the molecule is CC(=O)N1CCc2c(c(N3CCCc4cc(-c5cscn5)c(C(F)F)cc43)nn2C2CCN(CC3CCNCC3)CC2)C1. The number of likely N-dealkylation sites (tertiary alicyclic amines) is 1. The number of halogens is 2. The number of aryl methyl sites for hydroxylation is 1. The van der Waals surface area contributed by atoms with E-state index in [9.17, 15) is 13.6 Å². The summed E-state index contributed by atoms with van der Waals surface area (Å²) in [7, 11) is 0. The molecule has 11 heteroatoms. The Kier molecular flexibility index (Phi) is 8.22. The molecule has 4 aliphatic heterocycles. The number of anilines is 2. The van der Waals surface area contributed by atoms with Crippen molar-refractivity contribution in [2.75, 3.05) is 50.7 Å². The molecule has 43 heavy (non-hydrogen) atoms. The van der Waals surface area contributed by atoms with Crippen LogP contribution in [0.15, 0.2) is 23.0 Å². The molecule has 0 aliphatic carbocycles. The molecule has 0 unspecified atom stereocenters. The summed E-state index contributed by atoms with van der Waals surface area (Å²) in [5, 5.41) is 10.6. The van der Waals surface area contributed by atoms with Crippen LogP contribution in [0.5, 0.6) is 0 Å². The number of rotatable bonds is 6. The third-order valence-electron chi connectivity index (χ3n) is 9.96. The number of hydrogen-bond donors (Lipinski definition) is 1. The zero-order valence-electron chi connectivity index (χ0n) is 24.9. The van der Waals surface area contributed by atoms with E-state index in [0.717, 1.165) is 86.8 Å². The number of fused-ring (bicyclic) bond motifs is 2. The molecule has 1 N–H and O–H groups in total. The van der Waals surface area contributed by atoms with Crippen molar-refractivity contribution in [2.24, 2.45) is 5.92 Å². The number of carbonyl (C=O) groups is 1. The number of aromatic nitrogens is 3. The maximum absolute atomic E-state index is 14.4. The normalized spacial score (nSPS) is 20.5. The fourth-order valence-electron chi connectivity index (χ4n) is 7.61. The van der Waals surface area contributed by atoms with Gasteiger partial charge in [-0.1, -0.05) is 0 Å². The first-order chi connectivity index (χ1) is 21.0. The van der Waals surface area contributed by atoms with Crippen LogP contribution >= 0.6 is 11.3 Å². The third-order valence-corrected chi connectivity index (χ3v) is 10.5. The van der Waals surface area contributed by atoms with E-state index < -0.39 is 6.43 Å². The Morgan fingerprint density at radius 3 is 2.63 bits per heavy atom. The lowest BCUT2D eigenvalue weighted by Crippen LogP contribution is -2.41. The van der Waals surface area contributed by atoms with Crippen LogP contribution in [0.1, 0.15) is 73.9 Å². The molecule has 0 saturated carbocycles. The molecule has 6 heterocycles. The van der Waals surface area contributed by atoms with Gasteiger partial charge in [-0.25, -0.2) is 13.8 Å². The Morgan fingerprint density at radius 1 is 1.09 bits per heavy atom. The average Bonchev–Trinajstić information content (AvgIpc) is 3.70. The van der Waals surface area contributed by atoms with Gasteiger partial charge in [0.25, 0.3) is 6.43 Å². The van der Waals surface area contributed by atoms with E-state index in [1.807, 2.05) is 16.3 Å². The second kappa shape index (κ2) is 12.2. The highest BCUT2D eigenvalue weighted by Gasteiger charge is 2.35. The van der Waals surface area contributed by atoms with E-state index in [0.29, 0.717) is 36.9 Å². The first kappa shape index (κ1) is 28.9. The Morgan fingerprint density at radius 2 is 1.91 bits per heavy atom. The van der Waals surface area contributed by atoms with Gasteiger partial charge in [-0.3, -0.25) is 9.48 Å². The fourth-order valence-corrected chi connectivity index (χ4v) is 8.16. The van der Waals surface area contributed by atoms with Gasteiger partial charge in [0, 0.05) is 79.5 Å². The summed E-state index contributed by atoms with van der Waals surface area (Å²) < 4.78 is 31.2. The summed E-state index contributed by atoms with van der Waals surface area (Å²) in [6.07, 6.45) is 4.52. The van der Waals surface area contributed by atoms with Gasteiger partial charge >= 0.3 is 0 Å². The third kappa shape index (κ3) is 5.71. The van der Waals surface area contributed by atoms with E-state index in [2.05, 4.69) is 24.8 Å². The largest absolute Gasteiger partial charge is 0.338 e. The zero-order valence-corrected chi connectivity index (χ0v) is 25.7. The first-order valence-electron chi connectivity index (χ1n) is 15.9. The van der Waals surface area contributed by atoms with Crippen LogP contribution in [0.3, 0.4) is 0 Å². The second-order valence-electron chi connectivity index (χ2n) is 12.6. The molecular formula is C32H41F2N7OS. The van der Waals surface area contributed by atoms with Gasteiger partial charge in [-0.15, -0.1) is 11.3 Å². The topological polar surface area (TPSA) is 69.5 Å². The number of alkyl halides is 2. The molecule has 2 saturated heterocycles. The summed E-state index contributed by atoms with van der Waals surface area (Å²) in [5.41, 5.74) is 6.97. The molecule has 1 aromatic carbocycles. The maximum Gasteiger partial charge on any atom is 0.264 e. The number of benzene rings is 1. The van der Waals surface area contributed by atoms with Crippen molar-refractivity contribution in [3.05, 3.63) is 45.4 Å². The smallest absolute Gasteiger partial charge is 0.264 e. The summed E-state index contributed by atoms with van der Waals surface area (Å²) >= 11 is 1.42. The van der Waals surface area contributed by atoms with Crippen molar-refractivity contribution in [3.63, 3.8) is 0 Å². The predicted octanol–water partition coefficient (Wildman–Crippen LogP) is 5.57. The van der Waals surface area contributed by atoms with E-state index >= 15 is 0 Å². The molecule has 0 atom stereocenters. The van der Waals surface area contributed by atoms with Gasteiger partial charge < -0.3 is 20.0 Å². The number of carbonyl (C=O) groups excluding carboxylic acids is 1. The standard InChI is InChI=1S/C32H41F2N7OS/c1-21(42)39-14-8-29-27(18-39)32(37-41(29)24-6-12-38(13-7-24)17-22-4-9-35-10-5-22)40-11-2-3-23-15-25(28-19-43-20-36-28)26(31(33)34)16-30(23)40/h15-16,19-20,22,24,31,35H,2-14,17-18H2,1H3. The van der Waals surface area contributed by atoms with Crippen molar-refractivity contribution in [3.8, 4) is 11.3 Å². The van der Waals surface area contributed by atoms with Crippen LogP contribution in [0, 0.1) is 5.92 Å². The minimum Gasteiger partial charge on any atom is -0.338 e. The van der Waals surface area contributed by atoms with Crippen LogP contribution < -0.4 is 10.2 Å².